The highest BCUT2D eigenvalue weighted by Crippen LogP contribution is 2.28. The minimum absolute atomic E-state index is 0.225. The van der Waals surface area contributed by atoms with Crippen LogP contribution >= 0.6 is 11.6 Å². The number of benzene rings is 1. The maximum absolute atomic E-state index is 5.92. The zero-order valence-electron chi connectivity index (χ0n) is 11.6. The van der Waals surface area contributed by atoms with Gasteiger partial charge in [0.15, 0.2) is 0 Å². The molecule has 1 aromatic heterocycles. The Balaban J connectivity index is 2.34. The van der Waals surface area contributed by atoms with Crippen molar-refractivity contribution in [3.63, 3.8) is 0 Å². The molecule has 2 nitrogen and oxygen atoms in total. The molecule has 0 unspecified atom stereocenters. The molecule has 1 aromatic carbocycles. The van der Waals surface area contributed by atoms with E-state index in [-0.39, 0.29) is 5.41 Å². The van der Waals surface area contributed by atoms with E-state index in [1.54, 1.807) is 6.20 Å². The van der Waals surface area contributed by atoms with Crippen LogP contribution < -0.4 is 0 Å². The van der Waals surface area contributed by atoms with E-state index in [1.165, 1.54) is 5.70 Å². The average molecular weight is 275 g/mol. The van der Waals surface area contributed by atoms with E-state index in [4.69, 9.17) is 11.6 Å². The maximum Gasteiger partial charge on any atom is 0.0989 e. The van der Waals surface area contributed by atoms with Gasteiger partial charge in [-0.15, -0.1) is 0 Å². The van der Waals surface area contributed by atoms with Gasteiger partial charge in [-0.05, 0) is 35.6 Å². The normalized spacial score (nSPS) is 12.7. The quantitative estimate of drug-likeness (QED) is 0.773. The van der Waals surface area contributed by atoms with Crippen LogP contribution in [0.15, 0.2) is 43.0 Å². The highest BCUT2D eigenvalue weighted by molar-refractivity contribution is 6.30. The Bertz CT molecular complexity index is 545. The van der Waals surface area contributed by atoms with Gasteiger partial charge in [0.25, 0.3) is 0 Å². The molecule has 0 N–H and O–H groups in total. The lowest BCUT2D eigenvalue weighted by atomic mass is 9.90. The largest absolute Gasteiger partial charge is 0.310 e. The van der Waals surface area contributed by atoms with Gasteiger partial charge in [0.2, 0.25) is 0 Å². The molecular weight excluding hydrogens is 256 g/mol. The topological polar surface area (TPSA) is 17.8 Å². The second-order valence-corrected chi connectivity index (χ2v) is 6.33. The summed E-state index contributed by atoms with van der Waals surface area (Å²) in [7, 11) is 0. The van der Waals surface area contributed by atoms with Crippen LogP contribution in [0.25, 0.3) is 11.8 Å². The number of aromatic nitrogens is 2. The summed E-state index contributed by atoms with van der Waals surface area (Å²) in [4.78, 5) is 4.13. The molecule has 0 saturated heterocycles. The molecule has 0 saturated carbocycles. The molecule has 2 rings (SSSR count). The monoisotopic (exact) mass is 274 g/mol. The molecule has 19 heavy (non-hydrogen) atoms. The number of halogens is 1. The standard InChI is InChI=1S/C16H19ClN2/c1-16(2,3)11-15(19-9-8-18-12-19)10-13-4-6-14(17)7-5-13/h4-10,12H,11H2,1-3H3/b15-10+. The summed E-state index contributed by atoms with van der Waals surface area (Å²) >= 11 is 5.92. The van der Waals surface area contributed by atoms with Crippen LogP contribution in [0.2, 0.25) is 5.02 Å². The second-order valence-electron chi connectivity index (χ2n) is 5.89. The number of nitrogens with zero attached hydrogens (tertiary/aromatic N) is 2. The Labute approximate surface area is 119 Å². The van der Waals surface area contributed by atoms with Gasteiger partial charge in [0.1, 0.15) is 0 Å². The number of allylic oxidation sites excluding steroid dienone is 1. The predicted octanol–water partition coefficient (Wildman–Crippen LogP) is 4.97. The molecular formula is C16H19ClN2. The first-order chi connectivity index (χ1) is 8.94. The third kappa shape index (κ3) is 4.25. The van der Waals surface area contributed by atoms with E-state index in [1.807, 2.05) is 36.8 Å². The molecule has 2 aromatic rings. The van der Waals surface area contributed by atoms with E-state index in [0.717, 1.165) is 17.0 Å². The SMILES string of the molecule is CC(C)(C)C/C(=C\c1ccc(Cl)cc1)n1ccnc1. The van der Waals surface area contributed by atoms with Crippen LogP contribution in [0.3, 0.4) is 0 Å². The molecule has 0 spiro atoms. The zero-order valence-corrected chi connectivity index (χ0v) is 12.4. The fraction of sp³-hybridized carbons (Fsp3) is 0.312. The van der Waals surface area contributed by atoms with E-state index in [0.29, 0.717) is 0 Å². The lowest BCUT2D eigenvalue weighted by Crippen LogP contribution is -2.08. The lowest BCUT2D eigenvalue weighted by Gasteiger charge is -2.21. The van der Waals surface area contributed by atoms with E-state index in [9.17, 15) is 0 Å². The summed E-state index contributed by atoms with van der Waals surface area (Å²) in [6.07, 6.45) is 8.79. The third-order valence-electron chi connectivity index (χ3n) is 2.75. The van der Waals surface area contributed by atoms with Gasteiger partial charge < -0.3 is 4.57 Å². The van der Waals surface area contributed by atoms with Crippen LogP contribution in [0.5, 0.6) is 0 Å². The molecule has 0 amide bonds. The van der Waals surface area contributed by atoms with Crippen molar-refractivity contribution < 1.29 is 0 Å². The van der Waals surface area contributed by atoms with E-state index < -0.39 is 0 Å². The Morgan fingerprint density at radius 2 is 1.95 bits per heavy atom. The van der Waals surface area contributed by atoms with Gasteiger partial charge in [-0.1, -0.05) is 44.5 Å². The lowest BCUT2D eigenvalue weighted by molar-refractivity contribution is 0.421. The Kier molecular flexibility index (Phi) is 4.11. The first kappa shape index (κ1) is 13.9. The first-order valence-corrected chi connectivity index (χ1v) is 6.76. The minimum atomic E-state index is 0.225. The van der Waals surface area contributed by atoms with Crippen LogP contribution in [0, 0.1) is 5.41 Å². The molecule has 1 heterocycles. The van der Waals surface area contributed by atoms with Crippen molar-refractivity contribution in [2.24, 2.45) is 5.41 Å². The van der Waals surface area contributed by atoms with Crippen LogP contribution in [0.4, 0.5) is 0 Å². The van der Waals surface area contributed by atoms with Crippen LogP contribution in [-0.2, 0) is 0 Å². The highest BCUT2D eigenvalue weighted by Gasteiger charge is 2.14. The summed E-state index contributed by atoms with van der Waals surface area (Å²) < 4.78 is 2.07. The summed E-state index contributed by atoms with van der Waals surface area (Å²) in [5, 5.41) is 0.761. The fourth-order valence-corrected chi connectivity index (χ4v) is 2.07. The van der Waals surface area contributed by atoms with Gasteiger partial charge >= 0.3 is 0 Å². The minimum Gasteiger partial charge on any atom is -0.310 e. The zero-order chi connectivity index (χ0) is 13.9. The molecule has 0 aliphatic carbocycles. The van der Waals surface area contributed by atoms with Crippen LogP contribution in [-0.4, -0.2) is 9.55 Å². The van der Waals surface area contributed by atoms with Crippen LogP contribution in [0.1, 0.15) is 32.8 Å². The fourth-order valence-electron chi connectivity index (χ4n) is 1.94. The predicted molar refractivity (Wildman–Crippen MR) is 81.9 cm³/mol. The molecule has 100 valence electrons. The summed E-state index contributed by atoms with van der Waals surface area (Å²) in [6.45, 7) is 6.71. The van der Waals surface area contributed by atoms with E-state index in [2.05, 4.69) is 36.4 Å². The molecule has 0 aliphatic rings. The van der Waals surface area contributed by atoms with Gasteiger partial charge in [0.05, 0.1) is 6.33 Å². The second kappa shape index (κ2) is 5.62. The highest BCUT2D eigenvalue weighted by atomic mass is 35.5. The molecule has 0 aliphatic heterocycles. The molecule has 0 bridgehead atoms. The van der Waals surface area contributed by atoms with E-state index >= 15 is 0 Å². The van der Waals surface area contributed by atoms with Crippen molar-refractivity contribution in [1.29, 1.82) is 0 Å². The van der Waals surface area contributed by atoms with Gasteiger partial charge in [-0.25, -0.2) is 4.98 Å². The average Bonchev–Trinajstić information content (AvgIpc) is 2.83. The first-order valence-electron chi connectivity index (χ1n) is 6.38. The number of hydrogen-bond donors (Lipinski definition) is 0. The number of rotatable bonds is 3. The van der Waals surface area contributed by atoms with Gasteiger partial charge in [-0.3, -0.25) is 0 Å². The van der Waals surface area contributed by atoms with Crippen molar-refractivity contribution >= 4 is 23.4 Å². The van der Waals surface area contributed by atoms with Crippen molar-refractivity contribution in [2.75, 3.05) is 0 Å². The molecule has 0 atom stereocenters. The Hall–Kier alpha value is -1.54. The Morgan fingerprint density at radius 3 is 2.47 bits per heavy atom. The maximum atomic E-state index is 5.92. The Morgan fingerprint density at radius 1 is 1.26 bits per heavy atom. The third-order valence-corrected chi connectivity index (χ3v) is 3.00. The smallest absolute Gasteiger partial charge is 0.0989 e. The molecule has 3 heteroatoms. The molecule has 0 radical (unpaired) electrons. The summed E-state index contributed by atoms with van der Waals surface area (Å²) in [6, 6.07) is 7.88. The number of hydrogen-bond acceptors (Lipinski definition) is 1. The number of imidazole rings is 1. The molecule has 0 fully saturated rings. The summed E-state index contributed by atoms with van der Waals surface area (Å²) in [5.41, 5.74) is 2.60. The van der Waals surface area contributed by atoms with Crippen molar-refractivity contribution in [3.05, 3.63) is 53.6 Å². The van der Waals surface area contributed by atoms with Crippen molar-refractivity contribution in [1.82, 2.24) is 9.55 Å². The summed E-state index contributed by atoms with van der Waals surface area (Å²) in [5.74, 6) is 0. The van der Waals surface area contributed by atoms with Gasteiger partial charge in [0, 0.05) is 23.1 Å². The van der Waals surface area contributed by atoms with Gasteiger partial charge in [-0.2, -0.15) is 0 Å². The van der Waals surface area contributed by atoms with Crippen molar-refractivity contribution in [2.45, 2.75) is 27.2 Å². The van der Waals surface area contributed by atoms with Crippen molar-refractivity contribution in [3.8, 4) is 0 Å².